The highest BCUT2D eigenvalue weighted by molar-refractivity contribution is 5.46. The molecule has 5 heteroatoms. The Labute approximate surface area is 132 Å². The van der Waals surface area contributed by atoms with Gasteiger partial charge >= 0.3 is 0 Å². The molecule has 1 atom stereocenters. The third kappa shape index (κ3) is 3.31. The van der Waals surface area contributed by atoms with Crippen LogP contribution in [0.3, 0.4) is 0 Å². The maximum Gasteiger partial charge on any atom is 0.103 e. The lowest BCUT2D eigenvalue weighted by molar-refractivity contribution is 0.181. The number of hydrogen-bond donors (Lipinski definition) is 2. The Kier molecular flexibility index (Phi) is 4.75. The molecule has 2 N–H and O–H groups in total. The second kappa shape index (κ2) is 6.94. The number of piperazine rings is 1. The van der Waals surface area contributed by atoms with Crippen LogP contribution in [0.1, 0.15) is 17.6 Å². The van der Waals surface area contributed by atoms with E-state index in [4.69, 9.17) is 0 Å². The summed E-state index contributed by atoms with van der Waals surface area (Å²) in [5.74, 6) is 0.985. The highest BCUT2D eigenvalue weighted by atomic mass is 15.3. The SMILES string of the molecule is CNCC(c1cnc(C)[nH]1)N1CCN(c2ccccc2)CC1. The molecular weight excluding hydrogens is 274 g/mol. The summed E-state index contributed by atoms with van der Waals surface area (Å²) in [4.78, 5) is 12.8. The third-order valence-corrected chi connectivity index (χ3v) is 4.36. The maximum atomic E-state index is 4.36. The van der Waals surface area contributed by atoms with E-state index in [2.05, 4.69) is 55.4 Å². The van der Waals surface area contributed by atoms with Crippen LogP contribution in [0.15, 0.2) is 36.5 Å². The summed E-state index contributed by atoms with van der Waals surface area (Å²) in [7, 11) is 2.01. The number of aromatic amines is 1. The standard InChI is InChI=1S/C17H25N5/c1-14-19-12-16(20-14)17(13-18-2)22-10-8-21(9-11-22)15-6-4-3-5-7-15/h3-7,12,17-18H,8-11,13H2,1-2H3,(H,19,20). The van der Waals surface area contributed by atoms with E-state index in [0.717, 1.165) is 38.5 Å². The fourth-order valence-corrected chi connectivity index (χ4v) is 3.17. The lowest BCUT2D eigenvalue weighted by Gasteiger charge is -2.40. The number of H-pyrrole nitrogens is 1. The van der Waals surface area contributed by atoms with Gasteiger partial charge in [-0.25, -0.2) is 4.98 Å². The van der Waals surface area contributed by atoms with Crippen molar-refractivity contribution in [2.24, 2.45) is 0 Å². The van der Waals surface area contributed by atoms with Crippen molar-refractivity contribution in [3.63, 3.8) is 0 Å². The number of likely N-dealkylation sites (N-methyl/N-ethyl adjacent to an activating group) is 1. The molecule has 118 valence electrons. The van der Waals surface area contributed by atoms with Crippen molar-refractivity contribution in [2.75, 3.05) is 44.7 Å². The van der Waals surface area contributed by atoms with E-state index in [9.17, 15) is 0 Å². The minimum absolute atomic E-state index is 0.365. The number of nitrogens with one attached hydrogen (secondary N) is 2. The molecular formula is C17H25N5. The predicted molar refractivity (Wildman–Crippen MR) is 90.2 cm³/mol. The quantitative estimate of drug-likeness (QED) is 0.884. The summed E-state index contributed by atoms with van der Waals surface area (Å²) in [5, 5.41) is 3.31. The second-order valence-electron chi connectivity index (χ2n) is 5.86. The van der Waals surface area contributed by atoms with Crippen molar-refractivity contribution in [3.05, 3.63) is 48.0 Å². The molecule has 1 fully saturated rings. The van der Waals surface area contributed by atoms with Crippen molar-refractivity contribution in [1.29, 1.82) is 0 Å². The Morgan fingerprint density at radius 3 is 2.50 bits per heavy atom. The van der Waals surface area contributed by atoms with Crippen LogP contribution in [-0.2, 0) is 0 Å². The molecule has 2 aromatic rings. The highest BCUT2D eigenvalue weighted by Gasteiger charge is 2.25. The molecule has 2 heterocycles. The summed E-state index contributed by atoms with van der Waals surface area (Å²) in [6.45, 7) is 7.22. The molecule has 1 aliphatic rings. The smallest absolute Gasteiger partial charge is 0.103 e. The minimum atomic E-state index is 0.365. The van der Waals surface area contributed by atoms with E-state index in [1.54, 1.807) is 0 Å². The Hall–Kier alpha value is -1.85. The first kappa shape index (κ1) is 15.1. The molecule has 3 rings (SSSR count). The van der Waals surface area contributed by atoms with E-state index in [0.29, 0.717) is 6.04 Å². The lowest BCUT2D eigenvalue weighted by atomic mass is 10.1. The van der Waals surface area contributed by atoms with Gasteiger partial charge in [0.2, 0.25) is 0 Å². The zero-order valence-corrected chi connectivity index (χ0v) is 13.4. The van der Waals surface area contributed by atoms with Crippen LogP contribution in [0.5, 0.6) is 0 Å². The number of aryl methyl sites for hydroxylation is 1. The third-order valence-electron chi connectivity index (χ3n) is 4.36. The summed E-state index contributed by atoms with van der Waals surface area (Å²) < 4.78 is 0. The molecule has 22 heavy (non-hydrogen) atoms. The lowest BCUT2D eigenvalue weighted by Crippen LogP contribution is -2.49. The molecule has 1 aliphatic heterocycles. The summed E-state index contributed by atoms with van der Waals surface area (Å²) in [6, 6.07) is 11.0. The Balaban J connectivity index is 1.66. The van der Waals surface area contributed by atoms with E-state index >= 15 is 0 Å². The molecule has 0 amide bonds. The molecule has 1 unspecified atom stereocenters. The molecule has 0 bridgehead atoms. The van der Waals surface area contributed by atoms with E-state index in [1.165, 1.54) is 11.4 Å². The van der Waals surface area contributed by atoms with Gasteiger partial charge in [-0.2, -0.15) is 0 Å². The van der Waals surface area contributed by atoms with Crippen LogP contribution in [0.25, 0.3) is 0 Å². The van der Waals surface area contributed by atoms with Crippen LogP contribution in [0, 0.1) is 6.92 Å². The van der Waals surface area contributed by atoms with Crippen LogP contribution in [0.2, 0.25) is 0 Å². The van der Waals surface area contributed by atoms with Gasteiger partial charge in [0.05, 0.1) is 11.7 Å². The van der Waals surface area contributed by atoms with Gasteiger partial charge < -0.3 is 15.2 Å². The fourth-order valence-electron chi connectivity index (χ4n) is 3.17. The first-order valence-electron chi connectivity index (χ1n) is 7.98. The highest BCUT2D eigenvalue weighted by Crippen LogP contribution is 2.22. The normalized spacial score (nSPS) is 17.6. The number of imidazole rings is 1. The summed E-state index contributed by atoms with van der Waals surface area (Å²) in [5.41, 5.74) is 2.53. The number of para-hydroxylation sites is 1. The largest absolute Gasteiger partial charge is 0.369 e. The number of rotatable bonds is 5. The van der Waals surface area contributed by atoms with Gasteiger partial charge in [0.15, 0.2) is 0 Å². The van der Waals surface area contributed by atoms with Crippen molar-refractivity contribution in [2.45, 2.75) is 13.0 Å². The minimum Gasteiger partial charge on any atom is -0.369 e. The first-order valence-corrected chi connectivity index (χ1v) is 7.98. The number of benzene rings is 1. The van der Waals surface area contributed by atoms with Gasteiger partial charge in [0.1, 0.15) is 5.82 Å². The number of anilines is 1. The van der Waals surface area contributed by atoms with Crippen LogP contribution in [-0.4, -0.2) is 54.6 Å². The molecule has 0 spiro atoms. The van der Waals surface area contributed by atoms with E-state index in [1.807, 2.05) is 20.2 Å². The van der Waals surface area contributed by atoms with Gasteiger partial charge in [-0.15, -0.1) is 0 Å². The van der Waals surface area contributed by atoms with Crippen molar-refractivity contribution in [1.82, 2.24) is 20.2 Å². The summed E-state index contributed by atoms with van der Waals surface area (Å²) in [6.07, 6.45) is 1.97. The molecule has 1 aromatic heterocycles. The maximum absolute atomic E-state index is 4.36. The molecule has 0 saturated carbocycles. The zero-order chi connectivity index (χ0) is 15.4. The molecule has 0 radical (unpaired) electrons. The number of aromatic nitrogens is 2. The Morgan fingerprint density at radius 2 is 1.91 bits per heavy atom. The Morgan fingerprint density at radius 1 is 1.18 bits per heavy atom. The Bertz CT molecular complexity index is 572. The number of nitrogens with zero attached hydrogens (tertiary/aromatic N) is 3. The average molecular weight is 299 g/mol. The predicted octanol–water partition coefficient (Wildman–Crippen LogP) is 1.80. The van der Waals surface area contributed by atoms with Gasteiger partial charge in [-0.05, 0) is 26.1 Å². The van der Waals surface area contributed by atoms with Crippen molar-refractivity contribution >= 4 is 5.69 Å². The number of hydrogen-bond acceptors (Lipinski definition) is 4. The van der Waals surface area contributed by atoms with Gasteiger partial charge in [0.25, 0.3) is 0 Å². The van der Waals surface area contributed by atoms with Crippen LogP contribution in [0.4, 0.5) is 5.69 Å². The molecule has 0 aliphatic carbocycles. The van der Waals surface area contributed by atoms with Crippen molar-refractivity contribution in [3.8, 4) is 0 Å². The van der Waals surface area contributed by atoms with Crippen LogP contribution >= 0.6 is 0 Å². The fraction of sp³-hybridized carbons (Fsp3) is 0.471. The molecule has 1 saturated heterocycles. The van der Waals surface area contributed by atoms with Crippen molar-refractivity contribution < 1.29 is 0 Å². The van der Waals surface area contributed by atoms with Gasteiger partial charge in [0, 0.05) is 44.6 Å². The molecule has 1 aromatic carbocycles. The zero-order valence-electron chi connectivity index (χ0n) is 13.4. The van der Waals surface area contributed by atoms with Gasteiger partial charge in [-0.3, -0.25) is 4.90 Å². The monoisotopic (exact) mass is 299 g/mol. The first-order chi connectivity index (χ1) is 10.8. The topological polar surface area (TPSA) is 47.2 Å². The second-order valence-corrected chi connectivity index (χ2v) is 5.86. The van der Waals surface area contributed by atoms with Gasteiger partial charge in [-0.1, -0.05) is 18.2 Å². The van der Waals surface area contributed by atoms with Crippen LogP contribution < -0.4 is 10.2 Å². The molecule has 5 nitrogen and oxygen atoms in total. The van der Waals surface area contributed by atoms with E-state index in [-0.39, 0.29) is 0 Å². The average Bonchev–Trinajstić information content (AvgIpc) is 3.00. The van der Waals surface area contributed by atoms with E-state index < -0.39 is 0 Å². The summed E-state index contributed by atoms with van der Waals surface area (Å²) >= 11 is 0.